The molecular formula is C17H21FN4O2. The number of carbonyl (C=O) groups is 2. The number of ketones is 1. The zero-order chi connectivity index (χ0) is 17.7. The molecule has 1 heterocycles. The molecule has 0 aliphatic carbocycles. The van der Waals surface area contributed by atoms with Crippen LogP contribution in [0.4, 0.5) is 4.39 Å². The molecule has 0 bridgehead atoms. The smallest absolute Gasteiger partial charge is 0.221 e. The highest BCUT2D eigenvalue weighted by molar-refractivity contribution is 5.97. The first-order valence-corrected chi connectivity index (χ1v) is 7.80. The van der Waals surface area contributed by atoms with Gasteiger partial charge in [0.2, 0.25) is 5.91 Å². The Morgan fingerprint density at radius 2 is 1.88 bits per heavy atom. The van der Waals surface area contributed by atoms with Crippen molar-refractivity contribution in [3.8, 4) is 0 Å². The van der Waals surface area contributed by atoms with Crippen LogP contribution >= 0.6 is 0 Å². The molecule has 0 aliphatic heterocycles. The summed E-state index contributed by atoms with van der Waals surface area (Å²) < 4.78 is 14.5. The first kappa shape index (κ1) is 17.8. The number of hydrogen-bond acceptors (Lipinski definition) is 4. The van der Waals surface area contributed by atoms with Gasteiger partial charge in [-0.25, -0.2) is 9.37 Å². The SMILES string of the molecule is CC(C)[C@@H](NC(=O)CCC(=O)c1ccc(F)cc1)c1ncnn1C. The van der Waals surface area contributed by atoms with Gasteiger partial charge >= 0.3 is 0 Å². The average Bonchev–Trinajstić information content (AvgIpc) is 2.96. The van der Waals surface area contributed by atoms with E-state index < -0.39 is 5.82 Å². The zero-order valence-corrected chi connectivity index (χ0v) is 14.0. The number of aromatic nitrogens is 3. The maximum Gasteiger partial charge on any atom is 0.221 e. The monoisotopic (exact) mass is 332 g/mol. The number of rotatable bonds is 7. The molecule has 0 aliphatic rings. The van der Waals surface area contributed by atoms with Crippen molar-refractivity contribution in [1.29, 1.82) is 0 Å². The summed E-state index contributed by atoms with van der Waals surface area (Å²) in [5.41, 5.74) is 0.401. The van der Waals surface area contributed by atoms with E-state index in [2.05, 4.69) is 15.4 Å². The summed E-state index contributed by atoms with van der Waals surface area (Å²) in [6, 6.07) is 5.04. The second kappa shape index (κ2) is 7.81. The van der Waals surface area contributed by atoms with Gasteiger partial charge in [0.05, 0.1) is 6.04 Å². The minimum Gasteiger partial charge on any atom is -0.346 e. The van der Waals surface area contributed by atoms with Gasteiger partial charge in [-0.15, -0.1) is 0 Å². The molecule has 128 valence electrons. The van der Waals surface area contributed by atoms with Crippen molar-refractivity contribution in [1.82, 2.24) is 20.1 Å². The Bertz CT molecular complexity index is 710. The molecule has 24 heavy (non-hydrogen) atoms. The quantitative estimate of drug-likeness (QED) is 0.790. The highest BCUT2D eigenvalue weighted by Gasteiger charge is 2.22. The molecule has 0 saturated heterocycles. The maximum atomic E-state index is 12.9. The van der Waals surface area contributed by atoms with Crippen LogP contribution in [0.1, 0.15) is 48.9 Å². The third-order valence-electron chi connectivity index (χ3n) is 3.75. The fourth-order valence-electron chi connectivity index (χ4n) is 2.37. The molecule has 1 amide bonds. The van der Waals surface area contributed by atoms with E-state index in [1.807, 2.05) is 13.8 Å². The molecule has 1 N–H and O–H groups in total. The van der Waals surface area contributed by atoms with Crippen LogP contribution in [0.3, 0.4) is 0 Å². The molecule has 0 spiro atoms. The predicted octanol–water partition coefficient (Wildman–Crippen LogP) is 2.43. The molecule has 0 unspecified atom stereocenters. The van der Waals surface area contributed by atoms with Crippen LogP contribution in [0, 0.1) is 11.7 Å². The molecule has 7 heteroatoms. The minimum atomic E-state index is -0.396. The van der Waals surface area contributed by atoms with Gasteiger partial charge in [0, 0.05) is 25.5 Å². The van der Waals surface area contributed by atoms with E-state index >= 15 is 0 Å². The lowest BCUT2D eigenvalue weighted by Crippen LogP contribution is -2.33. The zero-order valence-electron chi connectivity index (χ0n) is 14.0. The molecular weight excluding hydrogens is 311 g/mol. The lowest BCUT2D eigenvalue weighted by molar-refractivity contribution is -0.122. The van der Waals surface area contributed by atoms with Gasteiger partial charge < -0.3 is 5.32 Å². The molecule has 1 aromatic carbocycles. The van der Waals surface area contributed by atoms with Gasteiger partial charge in [0.15, 0.2) is 5.78 Å². The Morgan fingerprint density at radius 1 is 1.21 bits per heavy atom. The average molecular weight is 332 g/mol. The van der Waals surface area contributed by atoms with Gasteiger partial charge in [-0.3, -0.25) is 14.3 Å². The number of halogens is 1. The number of Topliss-reactive ketones (excluding diaryl/α,β-unsaturated/α-hetero) is 1. The van der Waals surface area contributed by atoms with Gasteiger partial charge in [0.1, 0.15) is 18.0 Å². The molecule has 1 atom stereocenters. The fraction of sp³-hybridized carbons (Fsp3) is 0.412. The van der Waals surface area contributed by atoms with Crippen molar-refractivity contribution >= 4 is 11.7 Å². The van der Waals surface area contributed by atoms with E-state index in [4.69, 9.17) is 0 Å². The standard InChI is InChI=1S/C17H21FN4O2/c1-11(2)16(17-19-10-20-22(17)3)21-15(24)9-8-14(23)12-4-6-13(18)7-5-12/h4-7,10-11,16H,8-9H2,1-3H3,(H,21,24)/t16-/m1/s1. The topological polar surface area (TPSA) is 76.9 Å². The first-order valence-electron chi connectivity index (χ1n) is 7.80. The fourth-order valence-corrected chi connectivity index (χ4v) is 2.37. The second-order valence-corrected chi connectivity index (χ2v) is 5.96. The molecule has 0 fully saturated rings. The summed E-state index contributed by atoms with van der Waals surface area (Å²) in [6.07, 6.45) is 1.58. The number of carbonyl (C=O) groups excluding carboxylic acids is 2. The van der Waals surface area contributed by atoms with Crippen molar-refractivity contribution in [2.45, 2.75) is 32.7 Å². The summed E-state index contributed by atoms with van der Waals surface area (Å²) >= 11 is 0. The Labute approximate surface area is 140 Å². The molecule has 0 radical (unpaired) electrons. The third kappa shape index (κ3) is 4.47. The Balaban J connectivity index is 1.93. The summed E-state index contributed by atoms with van der Waals surface area (Å²) in [6.45, 7) is 3.95. The molecule has 2 aromatic rings. The summed E-state index contributed by atoms with van der Waals surface area (Å²) in [4.78, 5) is 28.4. The normalized spacial score (nSPS) is 12.2. The second-order valence-electron chi connectivity index (χ2n) is 5.96. The predicted molar refractivity (Wildman–Crippen MR) is 86.7 cm³/mol. The Kier molecular flexibility index (Phi) is 5.78. The van der Waals surface area contributed by atoms with Crippen LogP contribution < -0.4 is 5.32 Å². The molecule has 2 rings (SSSR count). The van der Waals surface area contributed by atoms with Crippen LogP contribution in [0.15, 0.2) is 30.6 Å². The van der Waals surface area contributed by atoms with Crippen molar-refractivity contribution in [3.05, 3.63) is 47.8 Å². The summed E-state index contributed by atoms with van der Waals surface area (Å²) in [5, 5.41) is 6.92. The van der Waals surface area contributed by atoms with E-state index in [-0.39, 0.29) is 36.5 Å². The van der Waals surface area contributed by atoms with Crippen molar-refractivity contribution in [2.24, 2.45) is 13.0 Å². The van der Waals surface area contributed by atoms with Crippen LogP contribution in [0.25, 0.3) is 0 Å². The lowest BCUT2D eigenvalue weighted by Gasteiger charge is -2.21. The van der Waals surface area contributed by atoms with Crippen LogP contribution in [-0.4, -0.2) is 26.5 Å². The number of hydrogen-bond donors (Lipinski definition) is 1. The van der Waals surface area contributed by atoms with Crippen LogP contribution in [0.2, 0.25) is 0 Å². The van der Waals surface area contributed by atoms with Gasteiger partial charge in [-0.1, -0.05) is 13.8 Å². The van der Waals surface area contributed by atoms with Crippen molar-refractivity contribution < 1.29 is 14.0 Å². The molecule has 6 nitrogen and oxygen atoms in total. The number of amides is 1. The Morgan fingerprint density at radius 3 is 2.42 bits per heavy atom. The first-order chi connectivity index (χ1) is 11.4. The van der Waals surface area contributed by atoms with Crippen molar-refractivity contribution in [2.75, 3.05) is 0 Å². The van der Waals surface area contributed by atoms with E-state index in [9.17, 15) is 14.0 Å². The highest BCUT2D eigenvalue weighted by Crippen LogP contribution is 2.19. The Hall–Kier alpha value is -2.57. The van der Waals surface area contributed by atoms with Gasteiger partial charge in [-0.05, 0) is 30.2 Å². The van der Waals surface area contributed by atoms with Crippen molar-refractivity contribution in [3.63, 3.8) is 0 Å². The lowest BCUT2D eigenvalue weighted by atomic mass is 10.0. The van der Waals surface area contributed by atoms with Crippen LogP contribution in [-0.2, 0) is 11.8 Å². The minimum absolute atomic E-state index is 0.0667. The molecule has 0 saturated carbocycles. The number of benzene rings is 1. The van der Waals surface area contributed by atoms with Gasteiger partial charge in [0.25, 0.3) is 0 Å². The third-order valence-corrected chi connectivity index (χ3v) is 3.75. The largest absolute Gasteiger partial charge is 0.346 e. The number of nitrogens with zero attached hydrogens (tertiary/aromatic N) is 3. The van der Waals surface area contributed by atoms with E-state index in [1.165, 1.54) is 30.6 Å². The summed E-state index contributed by atoms with van der Waals surface area (Å²) in [5.74, 6) is -0.0160. The number of nitrogens with one attached hydrogen (secondary N) is 1. The molecule has 1 aromatic heterocycles. The van der Waals surface area contributed by atoms with E-state index in [0.717, 1.165) is 0 Å². The van der Waals surface area contributed by atoms with E-state index in [0.29, 0.717) is 11.4 Å². The van der Waals surface area contributed by atoms with E-state index in [1.54, 1.807) is 11.7 Å². The number of aryl methyl sites for hydroxylation is 1. The summed E-state index contributed by atoms with van der Waals surface area (Å²) in [7, 11) is 1.77. The highest BCUT2D eigenvalue weighted by atomic mass is 19.1. The van der Waals surface area contributed by atoms with Gasteiger partial charge in [-0.2, -0.15) is 5.10 Å². The maximum absolute atomic E-state index is 12.9. The van der Waals surface area contributed by atoms with Crippen LogP contribution in [0.5, 0.6) is 0 Å².